The van der Waals surface area contributed by atoms with Crippen molar-refractivity contribution in [3.8, 4) is 0 Å². The summed E-state index contributed by atoms with van der Waals surface area (Å²) in [6.45, 7) is 2.64. The van der Waals surface area contributed by atoms with Crippen molar-refractivity contribution in [3.63, 3.8) is 0 Å². The van der Waals surface area contributed by atoms with E-state index in [4.69, 9.17) is 0 Å². The fourth-order valence-corrected chi connectivity index (χ4v) is 2.71. The lowest BCUT2D eigenvalue weighted by Gasteiger charge is -2.06. The van der Waals surface area contributed by atoms with Crippen LogP contribution in [0.4, 0.5) is 11.5 Å². The highest BCUT2D eigenvalue weighted by Gasteiger charge is 2.07. The smallest absolute Gasteiger partial charge is 0.270 e. The molecule has 7 heteroatoms. The number of hydrogen-bond acceptors (Lipinski definition) is 6. The average molecular weight is 300 g/mol. The lowest BCUT2D eigenvalue weighted by molar-refractivity contribution is -0.384. The Balaban J connectivity index is 1.82. The van der Waals surface area contributed by atoms with Gasteiger partial charge in [-0.25, -0.2) is 9.97 Å². The largest absolute Gasteiger partial charge is 0.365 e. The first kappa shape index (κ1) is 13.4. The molecule has 0 amide bonds. The van der Waals surface area contributed by atoms with E-state index < -0.39 is 4.92 Å². The zero-order chi connectivity index (χ0) is 14.8. The maximum atomic E-state index is 10.7. The number of pyridine rings is 1. The number of nitro groups is 1. The Morgan fingerprint density at radius 2 is 2.19 bits per heavy atom. The van der Waals surface area contributed by atoms with Crippen LogP contribution >= 0.6 is 11.3 Å². The highest BCUT2D eigenvalue weighted by molar-refractivity contribution is 7.09. The van der Waals surface area contributed by atoms with Crippen LogP contribution in [0.5, 0.6) is 0 Å². The molecule has 2 aromatic heterocycles. The molecule has 2 heterocycles. The number of nitrogens with zero attached hydrogens (tertiary/aromatic N) is 3. The highest BCUT2D eigenvalue weighted by atomic mass is 32.1. The first-order valence-electron chi connectivity index (χ1n) is 6.31. The van der Waals surface area contributed by atoms with Gasteiger partial charge >= 0.3 is 0 Å². The molecule has 1 N–H and O–H groups in total. The Morgan fingerprint density at radius 1 is 1.33 bits per heavy atom. The number of benzene rings is 1. The number of aryl methyl sites for hydroxylation is 1. The lowest BCUT2D eigenvalue weighted by Crippen LogP contribution is -2.01. The van der Waals surface area contributed by atoms with E-state index in [9.17, 15) is 10.1 Å². The van der Waals surface area contributed by atoms with Gasteiger partial charge in [-0.3, -0.25) is 10.1 Å². The Hall–Kier alpha value is -2.54. The topological polar surface area (TPSA) is 81.0 Å². The second-order valence-electron chi connectivity index (χ2n) is 4.55. The minimum Gasteiger partial charge on any atom is -0.365 e. The van der Waals surface area contributed by atoms with Gasteiger partial charge in [0.1, 0.15) is 5.82 Å². The molecule has 21 heavy (non-hydrogen) atoms. The van der Waals surface area contributed by atoms with E-state index in [-0.39, 0.29) is 5.69 Å². The first-order chi connectivity index (χ1) is 10.1. The van der Waals surface area contributed by atoms with Crippen LogP contribution in [0.3, 0.4) is 0 Å². The molecule has 0 aliphatic carbocycles. The fourth-order valence-electron chi connectivity index (χ4n) is 1.99. The number of non-ortho nitro benzene ring substituents is 1. The number of rotatable bonds is 4. The van der Waals surface area contributed by atoms with Gasteiger partial charge in [-0.1, -0.05) is 0 Å². The monoisotopic (exact) mass is 300 g/mol. The summed E-state index contributed by atoms with van der Waals surface area (Å²) < 4.78 is 0. The van der Waals surface area contributed by atoms with Crippen LogP contribution in [0.1, 0.15) is 10.6 Å². The van der Waals surface area contributed by atoms with Crippen LogP contribution in [0.15, 0.2) is 35.8 Å². The third kappa shape index (κ3) is 2.82. The van der Waals surface area contributed by atoms with Gasteiger partial charge in [0.2, 0.25) is 0 Å². The molecule has 3 rings (SSSR count). The molecule has 0 saturated carbocycles. The van der Waals surface area contributed by atoms with Crippen LogP contribution in [-0.4, -0.2) is 14.9 Å². The molecule has 0 aliphatic heterocycles. The number of anilines is 1. The zero-order valence-corrected chi connectivity index (χ0v) is 12.1. The average Bonchev–Trinajstić information content (AvgIpc) is 2.89. The highest BCUT2D eigenvalue weighted by Crippen LogP contribution is 2.21. The number of thiazole rings is 1. The molecular formula is C14H12N4O2S. The van der Waals surface area contributed by atoms with Crippen molar-refractivity contribution in [2.24, 2.45) is 0 Å². The van der Waals surface area contributed by atoms with Crippen molar-refractivity contribution >= 4 is 33.7 Å². The van der Waals surface area contributed by atoms with Crippen molar-refractivity contribution in [3.05, 3.63) is 56.5 Å². The quantitative estimate of drug-likeness (QED) is 0.589. The maximum absolute atomic E-state index is 10.7. The predicted molar refractivity (Wildman–Crippen MR) is 82.6 cm³/mol. The van der Waals surface area contributed by atoms with Crippen molar-refractivity contribution < 1.29 is 4.92 Å². The minimum absolute atomic E-state index is 0.0743. The second-order valence-corrected chi connectivity index (χ2v) is 5.48. The van der Waals surface area contributed by atoms with Gasteiger partial charge in [0.15, 0.2) is 0 Å². The normalized spacial score (nSPS) is 10.7. The van der Waals surface area contributed by atoms with Gasteiger partial charge in [0, 0.05) is 22.4 Å². The molecule has 0 unspecified atom stereocenters. The second kappa shape index (κ2) is 5.45. The number of nitro benzene ring substituents is 1. The van der Waals surface area contributed by atoms with Gasteiger partial charge in [0.25, 0.3) is 5.69 Å². The van der Waals surface area contributed by atoms with Crippen LogP contribution < -0.4 is 5.32 Å². The number of fused-ring (bicyclic) bond motifs is 1. The summed E-state index contributed by atoms with van der Waals surface area (Å²) in [7, 11) is 0. The van der Waals surface area contributed by atoms with Crippen LogP contribution in [0.2, 0.25) is 0 Å². The molecule has 106 valence electrons. The summed E-state index contributed by atoms with van der Waals surface area (Å²) in [4.78, 5) is 20.2. The van der Waals surface area contributed by atoms with E-state index in [1.54, 1.807) is 17.4 Å². The van der Waals surface area contributed by atoms with E-state index in [1.165, 1.54) is 17.0 Å². The minimum atomic E-state index is -0.405. The van der Waals surface area contributed by atoms with E-state index in [2.05, 4.69) is 15.3 Å². The summed E-state index contributed by atoms with van der Waals surface area (Å²) in [6, 6.07) is 8.31. The third-order valence-electron chi connectivity index (χ3n) is 3.16. The molecule has 0 saturated heterocycles. The maximum Gasteiger partial charge on any atom is 0.270 e. The molecule has 0 bridgehead atoms. The Bertz CT molecular complexity index is 816. The molecule has 6 nitrogen and oxygen atoms in total. The summed E-state index contributed by atoms with van der Waals surface area (Å²) in [5.74, 6) is 0.740. The molecule has 3 aromatic rings. The van der Waals surface area contributed by atoms with Crippen LogP contribution in [-0.2, 0) is 6.54 Å². The molecule has 0 atom stereocenters. The standard InChI is InChI=1S/C14H12N4O2S/c1-9-13(21-8-16-9)7-15-14-5-2-10-6-11(18(19)20)3-4-12(10)17-14/h2-6,8H,7H2,1H3,(H,15,17). The van der Waals surface area contributed by atoms with Gasteiger partial charge in [-0.2, -0.15) is 0 Å². The summed E-state index contributed by atoms with van der Waals surface area (Å²) in [5.41, 5.74) is 3.64. The molecule has 0 aliphatic rings. The number of hydrogen-bond donors (Lipinski definition) is 1. The Labute approximate surface area is 124 Å². The third-order valence-corrected chi connectivity index (χ3v) is 4.09. The SMILES string of the molecule is Cc1ncsc1CNc1ccc2cc([N+](=O)[O-])ccc2n1. The van der Waals surface area contributed by atoms with E-state index in [0.29, 0.717) is 6.54 Å². The predicted octanol–water partition coefficient (Wildman–Crippen LogP) is 3.52. The lowest BCUT2D eigenvalue weighted by atomic mass is 10.2. The molecule has 1 aromatic carbocycles. The molecule has 0 radical (unpaired) electrons. The Kier molecular flexibility index (Phi) is 3.49. The molecule has 0 fully saturated rings. The van der Waals surface area contributed by atoms with Gasteiger partial charge in [-0.05, 0) is 25.1 Å². The number of aromatic nitrogens is 2. The van der Waals surface area contributed by atoms with E-state index >= 15 is 0 Å². The number of nitrogens with one attached hydrogen (secondary N) is 1. The van der Waals surface area contributed by atoms with Crippen molar-refractivity contribution in [1.82, 2.24) is 9.97 Å². The van der Waals surface area contributed by atoms with E-state index in [0.717, 1.165) is 22.4 Å². The molecule has 0 spiro atoms. The zero-order valence-electron chi connectivity index (χ0n) is 11.2. The van der Waals surface area contributed by atoms with Crippen LogP contribution in [0, 0.1) is 17.0 Å². The van der Waals surface area contributed by atoms with Gasteiger partial charge < -0.3 is 5.32 Å². The first-order valence-corrected chi connectivity index (χ1v) is 7.19. The van der Waals surface area contributed by atoms with Gasteiger partial charge in [-0.15, -0.1) is 11.3 Å². The van der Waals surface area contributed by atoms with Crippen molar-refractivity contribution in [2.75, 3.05) is 5.32 Å². The molecular weight excluding hydrogens is 288 g/mol. The van der Waals surface area contributed by atoms with Gasteiger partial charge in [0.05, 0.1) is 28.2 Å². The summed E-state index contributed by atoms with van der Waals surface area (Å²) in [5, 5.41) is 14.7. The van der Waals surface area contributed by atoms with Crippen molar-refractivity contribution in [2.45, 2.75) is 13.5 Å². The fraction of sp³-hybridized carbons (Fsp3) is 0.143. The Morgan fingerprint density at radius 3 is 2.90 bits per heavy atom. The summed E-state index contributed by atoms with van der Waals surface area (Å²) in [6.07, 6.45) is 0. The van der Waals surface area contributed by atoms with E-state index in [1.807, 2.05) is 24.6 Å². The summed E-state index contributed by atoms with van der Waals surface area (Å²) >= 11 is 1.60. The van der Waals surface area contributed by atoms with Crippen LogP contribution in [0.25, 0.3) is 10.9 Å². The van der Waals surface area contributed by atoms with Crippen molar-refractivity contribution in [1.29, 1.82) is 0 Å².